The molecule has 0 aromatic heterocycles. The highest BCUT2D eigenvalue weighted by molar-refractivity contribution is 7.91. The lowest BCUT2D eigenvalue weighted by molar-refractivity contribution is -0.140. The zero-order chi connectivity index (χ0) is 26.3. The van der Waals surface area contributed by atoms with Crippen LogP contribution in [0.15, 0.2) is 64.4 Å². The van der Waals surface area contributed by atoms with Gasteiger partial charge in [-0.3, -0.25) is 0 Å². The average molecular weight is 521 g/mol. The van der Waals surface area contributed by atoms with Crippen LogP contribution in [-0.4, -0.2) is 47.6 Å². The van der Waals surface area contributed by atoms with Crippen LogP contribution in [0.1, 0.15) is 27.8 Å². The van der Waals surface area contributed by atoms with E-state index >= 15 is 0 Å². The zero-order valence-corrected chi connectivity index (χ0v) is 21.2. The van der Waals surface area contributed by atoms with E-state index in [1.807, 2.05) is 20.2 Å². The molecule has 0 aliphatic carbocycles. The fourth-order valence-corrected chi connectivity index (χ4v) is 6.03. The molecule has 1 aliphatic rings. The van der Waals surface area contributed by atoms with Gasteiger partial charge in [0, 0.05) is 27.2 Å². The van der Waals surface area contributed by atoms with E-state index in [0.29, 0.717) is 16.8 Å². The largest absolute Gasteiger partial charge is 0.419 e. The SMILES string of the molecule is CN1CCc2cc(N(C)C)c(S(=O)(=O)c3ccc(Cc4ccc(C(F)(F)F)c(F)c4)cc3)cc2CC1. The molecule has 3 aromatic rings. The number of rotatable bonds is 5. The minimum absolute atomic E-state index is 0.124. The molecule has 0 unspecified atom stereocenters. The van der Waals surface area contributed by atoms with E-state index in [-0.39, 0.29) is 16.2 Å². The summed E-state index contributed by atoms with van der Waals surface area (Å²) >= 11 is 0. The van der Waals surface area contributed by atoms with Crippen molar-refractivity contribution in [2.45, 2.75) is 35.2 Å². The van der Waals surface area contributed by atoms with E-state index in [1.165, 1.54) is 18.2 Å². The van der Waals surface area contributed by atoms with Crippen molar-refractivity contribution in [1.29, 1.82) is 0 Å². The molecule has 36 heavy (non-hydrogen) atoms. The van der Waals surface area contributed by atoms with E-state index in [1.54, 1.807) is 23.1 Å². The second kappa shape index (κ2) is 9.86. The van der Waals surface area contributed by atoms with Gasteiger partial charge in [0.05, 0.1) is 21.0 Å². The van der Waals surface area contributed by atoms with Crippen LogP contribution in [0.4, 0.5) is 23.2 Å². The second-order valence-corrected chi connectivity index (χ2v) is 11.3. The molecule has 9 heteroatoms. The lowest BCUT2D eigenvalue weighted by atomic mass is 10.0. The maximum absolute atomic E-state index is 13.9. The predicted molar refractivity (Wildman–Crippen MR) is 132 cm³/mol. The standard InChI is InChI=1S/C27H28F4N2O2S/c1-32(2)25-16-20-10-12-33(3)13-11-21(20)17-26(25)36(34,35)22-7-4-18(5-8-22)14-19-6-9-23(24(28)15-19)27(29,30)31/h4-9,15-17H,10-14H2,1-3H3. The highest BCUT2D eigenvalue weighted by Crippen LogP contribution is 2.34. The number of benzene rings is 3. The molecule has 0 saturated heterocycles. The molecule has 1 aliphatic heterocycles. The van der Waals surface area contributed by atoms with Gasteiger partial charge in [0.1, 0.15) is 5.82 Å². The van der Waals surface area contributed by atoms with E-state index in [4.69, 9.17) is 0 Å². The van der Waals surface area contributed by atoms with Crippen LogP contribution in [0.25, 0.3) is 0 Å². The molecule has 0 spiro atoms. The van der Waals surface area contributed by atoms with Crippen LogP contribution in [0.3, 0.4) is 0 Å². The molecule has 192 valence electrons. The molecule has 3 aromatic carbocycles. The molecular formula is C27H28F4N2O2S. The first kappa shape index (κ1) is 26.2. The molecule has 0 fully saturated rings. The number of alkyl halides is 3. The van der Waals surface area contributed by atoms with Crippen LogP contribution in [0, 0.1) is 5.82 Å². The van der Waals surface area contributed by atoms with Gasteiger partial charge in [0.2, 0.25) is 9.84 Å². The normalized spacial score (nSPS) is 14.9. The van der Waals surface area contributed by atoms with Crippen LogP contribution in [-0.2, 0) is 35.3 Å². The minimum atomic E-state index is -4.75. The first-order valence-corrected chi connectivity index (χ1v) is 13.1. The Balaban J connectivity index is 1.63. The number of likely N-dealkylation sites (N-methyl/N-ethyl adjacent to an activating group) is 1. The van der Waals surface area contributed by atoms with Crippen LogP contribution < -0.4 is 4.90 Å². The van der Waals surface area contributed by atoms with Crippen LogP contribution in [0.2, 0.25) is 0 Å². The van der Waals surface area contributed by atoms with E-state index in [2.05, 4.69) is 11.9 Å². The van der Waals surface area contributed by atoms with Gasteiger partial charge in [0.15, 0.2) is 0 Å². The number of hydrogen-bond donors (Lipinski definition) is 0. The molecule has 0 amide bonds. The number of nitrogens with zero attached hydrogens (tertiary/aromatic N) is 2. The molecule has 0 bridgehead atoms. The Kier molecular flexibility index (Phi) is 7.16. The third kappa shape index (κ3) is 5.42. The van der Waals surface area contributed by atoms with E-state index in [0.717, 1.165) is 49.2 Å². The average Bonchev–Trinajstić information content (AvgIpc) is 2.99. The van der Waals surface area contributed by atoms with Crippen molar-refractivity contribution >= 4 is 15.5 Å². The van der Waals surface area contributed by atoms with Crippen molar-refractivity contribution in [3.8, 4) is 0 Å². The lowest BCUT2D eigenvalue weighted by Gasteiger charge is -2.21. The van der Waals surface area contributed by atoms with Crippen LogP contribution in [0.5, 0.6) is 0 Å². The zero-order valence-electron chi connectivity index (χ0n) is 20.4. The summed E-state index contributed by atoms with van der Waals surface area (Å²) in [4.78, 5) is 4.40. The number of sulfone groups is 1. The molecular weight excluding hydrogens is 492 g/mol. The van der Waals surface area contributed by atoms with Gasteiger partial charge in [0.25, 0.3) is 0 Å². The Morgan fingerprint density at radius 1 is 0.889 bits per heavy atom. The predicted octanol–water partition coefficient (Wildman–Crippen LogP) is 5.36. The molecule has 0 saturated carbocycles. The molecule has 0 radical (unpaired) electrons. The first-order valence-electron chi connectivity index (χ1n) is 11.6. The minimum Gasteiger partial charge on any atom is -0.377 e. The van der Waals surface area contributed by atoms with Crippen molar-refractivity contribution in [2.75, 3.05) is 39.1 Å². The van der Waals surface area contributed by atoms with E-state index < -0.39 is 27.4 Å². The summed E-state index contributed by atoms with van der Waals surface area (Å²) in [7, 11) is 1.85. The summed E-state index contributed by atoms with van der Waals surface area (Å²) in [5.74, 6) is -1.33. The summed E-state index contributed by atoms with van der Waals surface area (Å²) in [5.41, 5.74) is 2.53. The second-order valence-electron chi connectivity index (χ2n) is 9.42. The molecule has 4 nitrogen and oxygen atoms in total. The maximum Gasteiger partial charge on any atom is 0.419 e. The summed E-state index contributed by atoms with van der Waals surface area (Å²) in [6.45, 7) is 1.77. The smallest absolute Gasteiger partial charge is 0.377 e. The van der Waals surface area contributed by atoms with Gasteiger partial charge in [-0.15, -0.1) is 0 Å². The molecule has 4 rings (SSSR count). The third-order valence-electron chi connectivity index (χ3n) is 6.56. The monoisotopic (exact) mass is 520 g/mol. The van der Waals surface area contributed by atoms with Gasteiger partial charge >= 0.3 is 6.18 Å². The Morgan fingerprint density at radius 2 is 1.47 bits per heavy atom. The lowest BCUT2D eigenvalue weighted by Crippen LogP contribution is -2.20. The highest BCUT2D eigenvalue weighted by Gasteiger charge is 2.34. The van der Waals surface area contributed by atoms with Crippen LogP contribution >= 0.6 is 0 Å². The summed E-state index contributed by atoms with van der Waals surface area (Å²) in [5, 5.41) is 0. The fourth-order valence-electron chi connectivity index (χ4n) is 4.47. The maximum atomic E-state index is 13.9. The summed E-state index contributed by atoms with van der Waals surface area (Å²) in [6.07, 6.45) is -2.96. The molecule has 1 heterocycles. The quantitative estimate of drug-likeness (QED) is 0.425. The number of hydrogen-bond acceptors (Lipinski definition) is 4. The van der Waals surface area contributed by atoms with Gasteiger partial charge in [-0.2, -0.15) is 13.2 Å². The topological polar surface area (TPSA) is 40.6 Å². The molecule has 0 N–H and O–H groups in total. The Labute approximate surface area is 209 Å². The summed E-state index contributed by atoms with van der Waals surface area (Å²) < 4.78 is 79.6. The number of fused-ring (bicyclic) bond motifs is 1. The van der Waals surface area contributed by atoms with Gasteiger partial charge in [-0.1, -0.05) is 18.2 Å². The number of anilines is 1. The summed E-state index contributed by atoms with van der Waals surface area (Å²) in [6, 6.07) is 12.8. The first-order chi connectivity index (χ1) is 16.9. The Hall–Kier alpha value is -2.91. The van der Waals surface area contributed by atoms with Gasteiger partial charge < -0.3 is 9.80 Å². The van der Waals surface area contributed by atoms with Crippen molar-refractivity contribution in [2.24, 2.45) is 0 Å². The highest BCUT2D eigenvalue weighted by atomic mass is 32.2. The van der Waals surface area contributed by atoms with Crippen molar-refractivity contribution in [1.82, 2.24) is 4.90 Å². The van der Waals surface area contributed by atoms with Crippen molar-refractivity contribution < 1.29 is 26.0 Å². The van der Waals surface area contributed by atoms with Crippen molar-refractivity contribution in [3.05, 3.63) is 88.2 Å². The fraction of sp³-hybridized carbons (Fsp3) is 0.333. The third-order valence-corrected chi connectivity index (χ3v) is 8.36. The Morgan fingerprint density at radius 3 is 2.03 bits per heavy atom. The molecule has 0 atom stereocenters. The number of halogens is 4. The van der Waals surface area contributed by atoms with E-state index in [9.17, 15) is 26.0 Å². The Bertz CT molecular complexity index is 1370. The van der Waals surface area contributed by atoms with Crippen molar-refractivity contribution in [3.63, 3.8) is 0 Å². The van der Waals surface area contributed by atoms with Gasteiger partial charge in [-0.25, -0.2) is 12.8 Å². The van der Waals surface area contributed by atoms with Gasteiger partial charge in [-0.05, 0) is 85.0 Å².